The molecule has 2 aromatic rings. The van der Waals surface area contributed by atoms with Crippen molar-refractivity contribution >= 4 is 11.3 Å². The molecule has 1 atom stereocenters. The Balaban J connectivity index is 2.05. The second-order valence-electron chi connectivity index (χ2n) is 4.66. The normalized spacial score (nSPS) is 14.2. The van der Waals surface area contributed by atoms with Crippen LogP contribution in [-0.4, -0.2) is 18.6 Å². The van der Waals surface area contributed by atoms with Crippen LogP contribution < -0.4 is 10.5 Å². The van der Waals surface area contributed by atoms with E-state index in [1.165, 1.54) is 16.0 Å². The minimum atomic E-state index is 0.342. The maximum Gasteiger partial charge on any atom is 0.119 e. The molecule has 1 aromatic carbocycles. The van der Waals surface area contributed by atoms with Gasteiger partial charge in [0, 0.05) is 29.3 Å². The molecule has 0 bridgehead atoms. The van der Waals surface area contributed by atoms with Crippen molar-refractivity contribution in [3.05, 3.63) is 33.6 Å². The van der Waals surface area contributed by atoms with Crippen LogP contribution in [0.3, 0.4) is 0 Å². The number of ether oxygens (including phenoxy) is 1. The minimum absolute atomic E-state index is 0.342. The first kappa shape index (κ1) is 11.7. The summed E-state index contributed by atoms with van der Waals surface area (Å²) < 4.78 is 5.29. The fraction of sp³-hybridized carbons (Fsp3) is 0.357. The lowest BCUT2D eigenvalue weighted by Crippen LogP contribution is -2.08. The first-order valence-electron chi connectivity index (χ1n) is 6.10. The van der Waals surface area contributed by atoms with Crippen molar-refractivity contribution in [3.8, 4) is 17.0 Å². The quantitative estimate of drug-likeness (QED) is 0.787. The molecular weight excluding hydrogens is 244 g/mol. The van der Waals surface area contributed by atoms with Crippen molar-refractivity contribution in [2.75, 3.05) is 13.7 Å². The third kappa shape index (κ3) is 1.72. The predicted molar refractivity (Wildman–Crippen MR) is 74.4 cm³/mol. The highest BCUT2D eigenvalue weighted by atomic mass is 32.1. The summed E-state index contributed by atoms with van der Waals surface area (Å²) in [7, 11) is 1.70. The van der Waals surface area contributed by atoms with Crippen LogP contribution in [0.15, 0.2) is 18.2 Å². The summed E-state index contributed by atoms with van der Waals surface area (Å²) in [5.41, 5.74) is 9.40. The van der Waals surface area contributed by atoms with Crippen LogP contribution in [0.4, 0.5) is 0 Å². The van der Waals surface area contributed by atoms with Gasteiger partial charge in [0.05, 0.1) is 17.8 Å². The van der Waals surface area contributed by atoms with E-state index in [0.29, 0.717) is 12.5 Å². The molecule has 1 heterocycles. The minimum Gasteiger partial charge on any atom is -0.497 e. The molecule has 0 saturated carbocycles. The van der Waals surface area contributed by atoms with E-state index >= 15 is 0 Å². The summed E-state index contributed by atoms with van der Waals surface area (Å²) in [5, 5.41) is 1.15. The fourth-order valence-corrected chi connectivity index (χ4v) is 3.41. The summed E-state index contributed by atoms with van der Waals surface area (Å²) in [6.07, 6.45) is 0.990. The summed E-state index contributed by atoms with van der Waals surface area (Å²) in [5.74, 6) is 1.23. The Morgan fingerprint density at radius 1 is 1.50 bits per heavy atom. The number of hydrogen-bond donors (Lipinski definition) is 1. The first-order valence-corrected chi connectivity index (χ1v) is 6.91. The Labute approximate surface area is 111 Å². The monoisotopic (exact) mass is 260 g/mol. The molecule has 3 nitrogen and oxygen atoms in total. The largest absolute Gasteiger partial charge is 0.497 e. The number of aromatic nitrogens is 1. The van der Waals surface area contributed by atoms with Gasteiger partial charge in [-0.1, -0.05) is 13.0 Å². The Morgan fingerprint density at radius 3 is 3.06 bits per heavy atom. The molecule has 1 aliphatic carbocycles. The number of rotatable bonds is 3. The highest BCUT2D eigenvalue weighted by Gasteiger charge is 2.24. The first-order chi connectivity index (χ1) is 8.72. The van der Waals surface area contributed by atoms with Gasteiger partial charge in [0.1, 0.15) is 5.75 Å². The van der Waals surface area contributed by atoms with Gasteiger partial charge in [-0.05, 0) is 17.7 Å². The van der Waals surface area contributed by atoms with Gasteiger partial charge < -0.3 is 10.5 Å². The van der Waals surface area contributed by atoms with Crippen LogP contribution >= 0.6 is 11.3 Å². The molecular formula is C14H16N2OS. The lowest BCUT2D eigenvalue weighted by atomic mass is 10.1. The second-order valence-corrected chi connectivity index (χ2v) is 5.78. The number of nitrogens with zero attached hydrogens (tertiary/aromatic N) is 1. The molecule has 0 amide bonds. The van der Waals surface area contributed by atoms with Crippen LogP contribution in [-0.2, 0) is 6.42 Å². The van der Waals surface area contributed by atoms with Gasteiger partial charge in [0.2, 0.25) is 0 Å². The van der Waals surface area contributed by atoms with E-state index in [9.17, 15) is 0 Å². The Bertz CT molecular complexity index is 591. The molecule has 18 heavy (non-hydrogen) atoms. The van der Waals surface area contributed by atoms with Gasteiger partial charge in [0.25, 0.3) is 0 Å². The van der Waals surface area contributed by atoms with E-state index in [1.54, 1.807) is 18.4 Å². The number of thiazole rings is 1. The molecule has 2 N–H and O–H groups in total. The van der Waals surface area contributed by atoms with Crippen LogP contribution in [0, 0.1) is 0 Å². The van der Waals surface area contributed by atoms with Crippen LogP contribution in [0.25, 0.3) is 11.3 Å². The summed E-state index contributed by atoms with van der Waals surface area (Å²) in [4.78, 5) is 6.12. The second kappa shape index (κ2) is 4.37. The zero-order chi connectivity index (χ0) is 12.7. The summed E-state index contributed by atoms with van der Waals surface area (Å²) in [6, 6.07) is 6.23. The third-order valence-electron chi connectivity index (χ3n) is 3.41. The lowest BCUT2D eigenvalue weighted by Gasteiger charge is -2.05. The average molecular weight is 260 g/mol. The van der Waals surface area contributed by atoms with E-state index in [4.69, 9.17) is 15.5 Å². The molecule has 0 saturated heterocycles. The topological polar surface area (TPSA) is 48.1 Å². The fourth-order valence-electron chi connectivity index (χ4n) is 2.24. The Kier molecular flexibility index (Phi) is 2.84. The van der Waals surface area contributed by atoms with Crippen LogP contribution in [0.1, 0.15) is 28.3 Å². The van der Waals surface area contributed by atoms with E-state index < -0.39 is 0 Å². The van der Waals surface area contributed by atoms with Gasteiger partial charge in [-0.3, -0.25) is 0 Å². The van der Waals surface area contributed by atoms with Gasteiger partial charge in [-0.2, -0.15) is 0 Å². The Morgan fingerprint density at radius 2 is 2.33 bits per heavy atom. The van der Waals surface area contributed by atoms with Gasteiger partial charge in [0.15, 0.2) is 0 Å². The molecule has 1 unspecified atom stereocenters. The zero-order valence-electron chi connectivity index (χ0n) is 10.6. The van der Waals surface area contributed by atoms with Crippen molar-refractivity contribution in [2.24, 2.45) is 5.73 Å². The van der Waals surface area contributed by atoms with Gasteiger partial charge in [-0.25, -0.2) is 4.98 Å². The van der Waals surface area contributed by atoms with Crippen molar-refractivity contribution in [1.29, 1.82) is 0 Å². The van der Waals surface area contributed by atoms with Gasteiger partial charge >= 0.3 is 0 Å². The molecule has 0 spiro atoms. The van der Waals surface area contributed by atoms with Crippen molar-refractivity contribution in [2.45, 2.75) is 19.3 Å². The molecule has 1 aliphatic rings. The number of hydrogen-bond acceptors (Lipinski definition) is 4. The maximum absolute atomic E-state index is 5.71. The smallest absolute Gasteiger partial charge is 0.119 e. The number of nitrogens with two attached hydrogens (primary N) is 1. The third-order valence-corrected chi connectivity index (χ3v) is 4.70. The van der Waals surface area contributed by atoms with Crippen LogP contribution in [0.5, 0.6) is 5.75 Å². The number of methoxy groups -OCH3 is 1. The summed E-state index contributed by atoms with van der Waals surface area (Å²) >= 11 is 1.79. The van der Waals surface area contributed by atoms with E-state index in [2.05, 4.69) is 19.1 Å². The van der Waals surface area contributed by atoms with Gasteiger partial charge in [-0.15, -0.1) is 11.3 Å². The molecule has 3 rings (SSSR count). The lowest BCUT2D eigenvalue weighted by molar-refractivity contribution is 0.415. The summed E-state index contributed by atoms with van der Waals surface area (Å²) in [6.45, 7) is 2.78. The molecule has 0 aliphatic heterocycles. The predicted octanol–water partition coefficient (Wildman–Crippen LogP) is 2.79. The highest BCUT2D eigenvalue weighted by molar-refractivity contribution is 7.12. The molecule has 0 radical (unpaired) electrons. The molecule has 1 aromatic heterocycles. The maximum atomic E-state index is 5.71. The SMILES string of the molecule is COc1ccc2c(c1)-c1nc(C(C)CN)sc1C2. The number of fused-ring (bicyclic) bond motifs is 3. The average Bonchev–Trinajstić information content (AvgIpc) is 2.94. The van der Waals surface area contributed by atoms with Crippen LogP contribution in [0.2, 0.25) is 0 Å². The van der Waals surface area contributed by atoms with Crippen molar-refractivity contribution in [3.63, 3.8) is 0 Å². The zero-order valence-corrected chi connectivity index (χ0v) is 11.4. The van der Waals surface area contributed by atoms with Crippen molar-refractivity contribution < 1.29 is 4.74 Å². The standard InChI is InChI=1S/C14H16N2OS/c1-8(7-15)14-16-13-11-6-10(17-2)4-3-9(11)5-12(13)18-14/h3-4,6,8H,5,7,15H2,1-2H3. The molecule has 94 valence electrons. The van der Waals surface area contributed by atoms with E-state index in [-0.39, 0.29) is 0 Å². The molecule has 0 fully saturated rings. The number of benzene rings is 1. The van der Waals surface area contributed by atoms with E-state index in [0.717, 1.165) is 22.9 Å². The Hall–Kier alpha value is -1.39. The van der Waals surface area contributed by atoms with Crippen molar-refractivity contribution in [1.82, 2.24) is 4.98 Å². The molecule has 4 heteroatoms. The van der Waals surface area contributed by atoms with E-state index in [1.807, 2.05) is 6.07 Å². The highest BCUT2D eigenvalue weighted by Crippen LogP contribution is 2.42.